The molecule has 0 bridgehead atoms. The summed E-state index contributed by atoms with van der Waals surface area (Å²) in [5.41, 5.74) is 4.17. The van der Waals surface area contributed by atoms with Crippen LogP contribution in [0.4, 0.5) is 5.69 Å². The number of aromatic nitrogens is 1. The first-order valence-corrected chi connectivity index (χ1v) is 9.41. The molecule has 2 aromatic rings. The molecule has 0 radical (unpaired) electrons. The summed E-state index contributed by atoms with van der Waals surface area (Å²) in [6.07, 6.45) is 2.73. The van der Waals surface area contributed by atoms with E-state index in [1.54, 1.807) is 0 Å². The predicted molar refractivity (Wildman–Crippen MR) is 108 cm³/mol. The zero-order valence-corrected chi connectivity index (χ0v) is 17.2. The average molecular weight is 404 g/mol. The highest BCUT2D eigenvalue weighted by atomic mass is 79.9. The first-order chi connectivity index (χ1) is 12.0. The molecule has 0 saturated heterocycles. The smallest absolute Gasteiger partial charge is 0.228 e. The molecule has 2 rings (SSSR count). The zero-order chi connectivity index (χ0) is 18.4. The molecular weight excluding hydrogens is 378 g/mol. The molecule has 134 valence electrons. The first-order valence-electron chi connectivity index (χ1n) is 8.62. The Bertz CT molecular complexity index is 746. The number of hydrogen-bond acceptors (Lipinski definition) is 3. The molecule has 25 heavy (non-hydrogen) atoms. The highest BCUT2D eigenvalue weighted by Gasteiger charge is 2.15. The fraction of sp³-hybridized carbons (Fsp3) is 0.400. The SMILES string of the molecule is CCc1ccccc1C(C)Oc1nc(C)c(/N=C/N(C)CC)cc1Br. The summed E-state index contributed by atoms with van der Waals surface area (Å²) in [7, 11) is 1.99. The van der Waals surface area contributed by atoms with Crippen molar-refractivity contribution >= 4 is 28.0 Å². The van der Waals surface area contributed by atoms with Gasteiger partial charge in [0.1, 0.15) is 6.10 Å². The average Bonchev–Trinajstić information content (AvgIpc) is 2.62. The summed E-state index contributed by atoms with van der Waals surface area (Å²) >= 11 is 3.57. The molecule has 0 saturated carbocycles. The van der Waals surface area contributed by atoms with Gasteiger partial charge in [-0.25, -0.2) is 9.98 Å². The van der Waals surface area contributed by atoms with Crippen LogP contribution in [0.25, 0.3) is 0 Å². The number of hydrogen-bond donors (Lipinski definition) is 0. The maximum atomic E-state index is 6.14. The van der Waals surface area contributed by atoms with Gasteiger partial charge in [0.25, 0.3) is 0 Å². The summed E-state index contributed by atoms with van der Waals surface area (Å²) in [4.78, 5) is 11.1. The second-order valence-electron chi connectivity index (χ2n) is 6.01. The first kappa shape index (κ1) is 19.4. The van der Waals surface area contributed by atoms with Crippen molar-refractivity contribution in [3.63, 3.8) is 0 Å². The van der Waals surface area contributed by atoms with Crippen molar-refractivity contribution in [1.29, 1.82) is 0 Å². The van der Waals surface area contributed by atoms with Gasteiger partial charge in [0.05, 0.1) is 22.2 Å². The van der Waals surface area contributed by atoms with Gasteiger partial charge >= 0.3 is 0 Å². The van der Waals surface area contributed by atoms with Crippen molar-refractivity contribution < 1.29 is 4.74 Å². The van der Waals surface area contributed by atoms with E-state index in [1.165, 1.54) is 11.1 Å². The molecule has 4 nitrogen and oxygen atoms in total. The van der Waals surface area contributed by atoms with E-state index in [9.17, 15) is 0 Å². The molecular formula is C20H26BrN3O. The van der Waals surface area contributed by atoms with Crippen LogP contribution >= 0.6 is 15.9 Å². The van der Waals surface area contributed by atoms with Crippen molar-refractivity contribution in [3.05, 3.63) is 51.6 Å². The number of aryl methyl sites for hydroxylation is 2. The molecule has 5 heteroatoms. The van der Waals surface area contributed by atoms with Gasteiger partial charge in [0.2, 0.25) is 5.88 Å². The maximum absolute atomic E-state index is 6.14. The Hall–Kier alpha value is -1.88. The van der Waals surface area contributed by atoms with Gasteiger partial charge in [-0.3, -0.25) is 0 Å². The van der Waals surface area contributed by atoms with Crippen LogP contribution < -0.4 is 4.74 Å². The molecule has 0 fully saturated rings. The van der Waals surface area contributed by atoms with Crippen LogP contribution in [0.15, 0.2) is 39.8 Å². The second kappa shape index (κ2) is 8.99. The van der Waals surface area contributed by atoms with E-state index in [1.807, 2.05) is 37.3 Å². The predicted octanol–water partition coefficient (Wildman–Crippen LogP) is 5.47. The lowest BCUT2D eigenvalue weighted by atomic mass is 10.0. The third-order valence-electron chi connectivity index (χ3n) is 4.16. The van der Waals surface area contributed by atoms with Crippen LogP contribution in [0, 0.1) is 6.92 Å². The van der Waals surface area contributed by atoms with Crippen LogP contribution in [-0.2, 0) is 6.42 Å². The largest absolute Gasteiger partial charge is 0.469 e. The maximum Gasteiger partial charge on any atom is 0.228 e. The second-order valence-corrected chi connectivity index (χ2v) is 6.86. The van der Waals surface area contributed by atoms with Crippen molar-refractivity contribution in [2.45, 2.75) is 40.2 Å². The summed E-state index contributed by atoms with van der Waals surface area (Å²) < 4.78 is 6.95. The summed E-state index contributed by atoms with van der Waals surface area (Å²) in [5, 5.41) is 0. The van der Waals surface area contributed by atoms with Crippen LogP contribution in [0.1, 0.15) is 43.7 Å². The molecule has 0 aliphatic heterocycles. The monoisotopic (exact) mass is 403 g/mol. The Kier molecular flexibility index (Phi) is 7.00. The third-order valence-corrected chi connectivity index (χ3v) is 4.73. The molecule has 1 aromatic heterocycles. The molecule has 1 aromatic carbocycles. The van der Waals surface area contributed by atoms with Gasteiger partial charge in [0.15, 0.2) is 0 Å². The number of halogens is 1. The number of benzene rings is 1. The van der Waals surface area contributed by atoms with Gasteiger partial charge in [-0.05, 0) is 60.3 Å². The highest BCUT2D eigenvalue weighted by molar-refractivity contribution is 9.10. The van der Waals surface area contributed by atoms with E-state index in [4.69, 9.17) is 4.74 Å². The molecule has 1 atom stereocenters. The molecule has 0 aliphatic carbocycles. The summed E-state index contributed by atoms with van der Waals surface area (Å²) in [6.45, 7) is 9.15. The quantitative estimate of drug-likeness (QED) is 0.454. The molecule has 0 amide bonds. The van der Waals surface area contributed by atoms with Gasteiger partial charge in [-0.1, -0.05) is 31.2 Å². The summed E-state index contributed by atoms with van der Waals surface area (Å²) in [5.74, 6) is 0.596. The molecule has 1 heterocycles. The van der Waals surface area contributed by atoms with Crippen molar-refractivity contribution in [2.75, 3.05) is 13.6 Å². The topological polar surface area (TPSA) is 37.7 Å². The molecule has 0 spiro atoms. The van der Waals surface area contributed by atoms with Crippen LogP contribution in [0.3, 0.4) is 0 Å². The van der Waals surface area contributed by atoms with Crippen LogP contribution in [0.5, 0.6) is 5.88 Å². The minimum atomic E-state index is -0.0695. The standard InChI is InChI=1S/C20H26BrN3O/c1-6-16-10-8-9-11-17(16)15(4)25-20-18(21)12-19(14(3)23-20)22-13-24(5)7-2/h8-13,15H,6-7H2,1-5H3/b22-13+. The van der Waals surface area contributed by atoms with E-state index in [2.05, 4.69) is 64.9 Å². The Morgan fingerprint density at radius 1 is 1.32 bits per heavy atom. The van der Waals surface area contributed by atoms with Gasteiger partial charge in [0, 0.05) is 13.6 Å². The zero-order valence-electron chi connectivity index (χ0n) is 15.6. The van der Waals surface area contributed by atoms with Crippen molar-refractivity contribution in [2.24, 2.45) is 4.99 Å². The lowest BCUT2D eigenvalue weighted by Gasteiger charge is -2.19. The van der Waals surface area contributed by atoms with Gasteiger partial charge in [-0.2, -0.15) is 0 Å². The van der Waals surface area contributed by atoms with Crippen LogP contribution in [0.2, 0.25) is 0 Å². The molecule has 1 unspecified atom stereocenters. The molecule has 0 aliphatic rings. The normalized spacial score (nSPS) is 12.4. The highest BCUT2D eigenvalue weighted by Crippen LogP contribution is 2.33. The number of nitrogens with zero attached hydrogens (tertiary/aromatic N) is 3. The lowest BCUT2D eigenvalue weighted by Crippen LogP contribution is -2.14. The Morgan fingerprint density at radius 2 is 2.04 bits per heavy atom. The fourth-order valence-corrected chi connectivity index (χ4v) is 2.89. The van der Waals surface area contributed by atoms with E-state index in [-0.39, 0.29) is 6.10 Å². The fourth-order valence-electron chi connectivity index (χ4n) is 2.49. The van der Waals surface area contributed by atoms with E-state index in [0.717, 1.165) is 28.8 Å². The minimum Gasteiger partial charge on any atom is -0.469 e. The number of aliphatic imine (C=N–C) groups is 1. The van der Waals surface area contributed by atoms with Crippen molar-refractivity contribution in [1.82, 2.24) is 9.88 Å². The number of pyridine rings is 1. The Morgan fingerprint density at radius 3 is 2.72 bits per heavy atom. The third kappa shape index (κ3) is 5.05. The number of ether oxygens (including phenoxy) is 1. The number of rotatable bonds is 7. The Balaban J connectivity index is 2.23. The van der Waals surface area contributed by atoms with E-state index < -0.39 is 0 Å². The van der Waals surface area contributed by atoms with E-state index in [0.29, 0.717) is 5.88 Å². The Labute approximate surface area is 159 Å². The van der Waals surface area contributed by atoms with Gasteiger partial charge in [-0.15, -0.1) is 0 Å². The molecule has 0 N–H and O–H groups in total. The van der Waals surface area contributed by atoms with Crippen LogP contribution in [-0.4, -0.2) is 29.8 Å². The minimum absolute atomic E-state index is 0.0695. The summed E-state index contributed by atoms with van der Waals surface area (Å²) in [6, 6.07) is 10.3. The van der Waals surface area contributed by atoms with E-state index >= 15 is 0 Å². The van der Waals surface area contributed by atoms with Crippen molar-refractivity contribution in [3.8, 4) is 5.88 Å². The lowest BCUT2D eigenvalue weighted by molar-refractivity contribution is 0.214. The van der Waals surface area contributed by atoms with Gasteiger partial charge < -0.3 is 9.64 Å².